The Morgan fingerprint density at radius 1 is 1.18 bits per heavy atom. The van der Waals surface area contributed by atoms with E-state index in [2.05, 4.69) is 5.32 Å². The number of aliphatic carboxylic acids is 1. The summed E-state index contributed by atoms with van der Waals surface area (Å²) >= 11 is 0. The summed E-state index contributed by atoms with van der Waals surface area (Å²) in [5.74, 6) is -3.44. The summed E-state index contributed by atoms with van der Waals surface area (Å²) in [5, 5.41) is 11.0. The fourth-order valence-corrected chi connectivity index (χ4v) is 1.07. The summed E-state index contributed by atoms with van der Waals surface area (Å²) in [6.07, 6.45) is 0.650. The highest BCUT2D eigenvalue weighted by Gasteiger charge is 2.15. The zero-order chi connectivity index (χ0) is 12.8. The molecule has 1 rings (SSSR count). The number of nitrogens with two attached hydrogens (primary N) is 1. The monoisotopic (exact) mass is 234 g/mol. The van der Waals surface area contributed by atoms with Gasteiger partial charge >= 0.3 is 5.97 Å². The van der Waals surface area contributed by atoms with Crippen molar-refractivity contribution in [3.63, 3.8) is 0 Å². The molecule has 0 radical (unpaired) electrons. The number of carboxylic acids is 1. The normalized spacial score (nSPS) is 10.7. The molecule has 0 bridgehead atoms. The van der Waals surface area contributed by atoms with Gasteiger partial charge in [-0.15, -0.1) is 0 Å². The van der Waals surface area contributed by atoms with E-state index in [1.807, 2.05) is 0 Å². The zero-order valence-corrected chi connectivity index (χ0v) is 8.71. The van der Waals surface area contributed by atoms with Crippen LogP contribution in [0.2, 0.25) is 0 Å². The maximum Gasteiger partial charge on any atom is 0.341 e. The van der Waals surface area contributed by atoms with Crippen molar-refractivity contribution >= 4 is 23.5 Å². The molecule has 0 aliphatic heterocycles. The molecule has 0 saturated carbocycles. The molecule has 1 aromatic rings. The van der Waals surface area contributed by atoms with Crippen molar-refractivity contribution in [3.8, 4) is 0 Å². The molecule has 0 fully saturated rings. The standard InChI is InChI=1S/C11H10N2O4/c12-10(15)8(11(16)17)6-9(14)13-7-4-2-1-3-5-7/h1-6H,(H2,12,15)(H,13,14)(H,16,17)/b8-6-. The molecule has 4 N–H and O–H groups in total. The Kier molecular flexibility index (Phi) is 3.99. The average molecular weight is 234 g/mol. The molecule has 17 heavy (non-hydrogen) atoms. The Bertz CT molecular complexity index is 464. The minimum absolute atomic E-state index is 0.489. The van der Waals surface area contributed by atoms with Crippen molar-refractivity contribution in [1.82, 2.24) is 0 Å². The minimum Gasteiger partial charge on any atom is -0.477 e. The Morgan fingerprint density at radius 2 is 1.76 bits per heavy atom. The van der Waals surface area contributed by atoms with E-state index in [9.17, 15) is 14.4 Å². The van der Waals surface area contributed by atoms with E-state index in [0.717, 1.165) is 0 Å². The van der Waals surface area contributed by atoms with Gasteiger partial charge in [0.2, 0.25) is 5.91 Å². The zero-order valence-electron chi connectivity index (χ0n) is 8.71. The number of hydrogen-bond acceptors (Lipinski definition) is 3. The van der Waals surface area contributed by atoms with E-state index in [1.165, 1.54) is 0 Å². The van der Waals surface area contributed by atoms with E-state index in [0.29, 0.717) is 11.8 Å². The van der Waals surface area contributed by atoms with Crippen LogP contribution in [-0.2, 0) is 14.4 Å². The smallest absolute Gasteiger partial charge is 0.341 e. The fourth-order valence-electron chi connectivity index (χ4n) is 1.07. The first-order valence-electron chi connectivity index (χ1n) is 4.61. The van der Waals surface area contributed by atoms with E-state index in [-0.39, 0.29) is 0 Å². The third-order valence-corrected chi connectivity index (χ3v) is 1.81. The van der Waals surface area contributed by atoms with Crippen molar-refractivity contribution in [2.45, 2.75) is 0 Å². The number of hydrogen-bond donors (Lipinski definition) is 3. The molecule has 2 amide bonds. The number of rotatable bonds is 4. The maximum atomic E-state index is 11.4. The van der Waals surface area contributed by atoms with Crippen molar-refractivity contribution in [2.75, 3.05) is 5.32 Å². The second kappa shape index (κ2) is 5.45. The van der Waals surface area contributed by atoms with E-state index < -0.39 is 23.4 Å². The Hall–Kier alpha value is -2.63. The maximum absolute atomic E-state index is 11.4. The third kappa shape index (κ3) is 3.78. The molecule has 0 aromatic heterocycles. The lowest BCUT2D eigenvalue weighted by Gasteiger charge is -2.01. The van der Waals surface area contributed by atoms with Gasteiger partial charge in [-0.3, -0.25) is 9.59 Å². The number of para-hydroxylation sites is 1. The van der Waals surface area contributed by atoms with Crippen LogP contribution in [0.25, 0.3) is 0 Å². The lowest BCUT2D eigenvalue weighted by molar-refractivity contribution is -0.134. The molecule has 0 unspecified atom stereocenters. The van der Waals surface area contributed by atoms with E-state index >= 15 is 0 Å². The molecule has 0 heterocycles. The van der Waals surface area contributed by atoms with Gasteiger partial charge in [0.1, 0.15) is 5.57 Å². The van der Waals surface area contributed by atoms with Crippen molar-refractivity contribution in [1.29, 1.82) is 0 Å². The number of benzene rings is 1. The average Bonchev–Trinajstić information content (AvgIpc) is 2.26. The third-order valence-electron chi connectivity index (χ3n) is 1.81. The molecule has 0 aliphatic carbocycles. The predicted molar refractivity (Wildman–Crippen MR) is 60.0 cm³/mol. The summed E-state index contributed by atoms with van der Waals surface area (Å²) in [6.45, 7) is 0. The topological polar surface area (TPSA) is 109 Å². The summed E-state index contributed by atoms with van der Waals surface area (Å²) in [7, 11) is 0. The van der Waals surface area contributed by atoms with Crippen LogP contribution in [0.5, 0.6) is 0 Å². The number of amides is 2. The molecule has 88 valence electrons. The first-order chi connectivity index (χ1) is 8.00. The fraction of sp³-hybridized carbons (Fsp3) is 0. The van der Waals surface area contributed by atoms with Crippen molar-refractivity contribution in [2.24, 2.45) is 5.73 Å². The molecule has 0 spiro atoms. The number of carbonyl (C=O) groups excluding carboxylic acids is 2. The Morgan fingerprint density at radius 3 is 2.24 bits per heavy atom. The van der Waals surface area contributed by atoms with E-state index in [4.69, 9.17) is 10.8 Å². The van der Waals surface area contributed by atoms with Crippen LogP contribution in [0.4, 0.5) is 5.69 Å². The lowest BCUT2D eigenvalue weighted by atomic mass is 10.2. The molecule has 0 atom stereocenters. The summed E-state index contributed by atoms with van der Waals surface area (Å²) in [4.78, 5) is 32.7. The van der Waals surface area contributed by atoms with E-state index in [1.54, 1.807) is 30.3 Å². The van der Waals surface area contributed by atoms with Gasteiger partial charge in [0, 0.05) is 11.8 Å². The highest BCUT2D eigenvalue weighted by Crippen LogP contribution is 2.05. The second-order valence-corrected chi connectivity index (χ2v) is 3.08. The summed E-state index contributed by atoms with van der Waals surface area (Å²) in [6, 6.07) is 8.40. The molecule has 6 heteroatoms. The number of carboxylic acid groups (broad SMARTS) is 1. The van der Waals surface area contributed by atoms with Gasteiger partial charge in [-0.05, 0) is 12.1 Å². The van der Waals surface area contributed by atoms with Crippen molar-refractivity contribution < 1.29 is 19.5 Å². The predicted octanol–water partition coefficient (Wildman–Crippen LogP) is 0.121. The molecular weight excluding hydrogens is 224 g/mol. The van der Waals surface area contributed by atoms with Crippen LogP contribution in [0, 0.1) is 0 Å². The molecule has 1 aromatic carbocycles. The molecule has 0 saturated heterocycles. The van der Waals surface area contributed by atoms with Crippen LogP contribution >= 0.6 is 0 Å². The van der Waals surface area contributed by atoms with Crippen LogP contribution in [0.15, 0.2) is 42.0 Å². The van der Waals surface area contributed by atoms with Gasteiger partial charge in [0.05, 0.1) is 0 Å². The summed E-state index contributed by atoms with van der Waals surface area (Å²) < 4.78 is 0. The van der Waals surface area contributed by atoms with Gasteiger partial charge in [-0.25, -0.2) is 4.79 Å². The second-order valence-electron chi connectivity index (χ2n) is 3.08. The van der Waals surface area contributed by atoms with Crippen molar-refractivity contribution in [3.05, 3.63) is 42.0 Å². The Balaban J connectivity index is 2.81. The molecule has 0 aliphatic rings. The van der Waals surface area contributed by atoms with Gasteiger partial charge in [0.25, 0.3) is 5.91 Å². The van der Waals surface area contributed by atoms with Crippen LogP contribution in [0.3, 0.4) is 0 Å². The first kappa shape index (κ1) is 12.4. The van der Waals surface area contributed by atoms with Crippen LogP contribution < -0.4 is 11.1 Å². The molecule has 6 nitrogen and oxygen atoms in total. The van der Waals surface area contributed by atoms with Gasteiger partial charge in [-0.2, -0.15) is 0 Å². The van der Waals surface area contributed by atoms with Gasteiger partial charge in [-0.1, -0.05) is 18.2 Å². The molecular formula is C11H10N2O4. The highest BCUT2D eigenvalue weighted by molar-refractivity contribution is 6.19. The number of carbonyl (C=O) groups is 3. The summed E-state index contributed by atoms with van der Waals surface area (Å²) in [5.41, 5.74) is 4.53. The highest BCUT2D eigenvalue weighted by atomic mass is 16.4. The number of nitrogens with one attached hydrogen (secondary N) is 1. The minimum atomic E-state index is -1.54. The quantitative estimate of drug-likeness (QED) is 0.390. The van der Waals surface area contributed by atoms with Gasteiger partial charge < -0.3 is 16.2 Å². The lowest BCUT2D eigenvalue weighted by Crippen LogP contribution is -2.22. The number of anilines is 1. The van der Waals surface area contributed by atoms with Crippen LogP contribution in [-0.4, -0.2) is 22.9 Å². The van der Waals surface area contributed by atoms with Crippen LogP contribution in [0.1, 0.15) is 0 Å². The van der Waals surface area contributed by atoms with Gasteiger partial charge in [0.15, 0.2) is 0 Å². The number of primary amides is 1. The Labute approximate surface area is 96.7 Å². The largest absolute Gasteiger partial charge is 0.477 e. The first-order valence-corrected chi connectivity index (χ1v) is 4.61. The SMILES string of the molecule is NC(=O)/C(=C/C(=O)Nc1ccccc1)C(=O)O.